The summed E-state index contributed by atoms with van der Waals surface area (Å²) in [6, 6.07) is 15.5. The largest absolute Gasteiger partial charge is 0.445 e. The Bertz CT molecular complexity index is 938. The Kier molecular flexibility index (Phi) is 7.35. The third kappa shape index (κ3) is 6.73. The zero-order valence-electron chi connectivity index (χ0n) is 18.6. The fourth-order valence-corrected chi connectivity index (χ4v) is 3.34. The lowest BCUT2D eigenvalue weighted by atomic mass is 10.2. The van der Waals surface area contributed by atoms with Gasteiger partial charge in [-0.25, -0.2) is 9.59 Å². The van der Waals surface area contributed by atoms with E-state index in [2.05, 4.69) is 10.6 Å². The van der Waals surface area contributed by atoms with Gasteiger partial charge in [-0.05, 0) is 63.4 Å². The summed E-state index contributed by atoms with van der Waals surface area (Å²) in [6.07, 6.45) is 0.260. The Morgan fingerprint density at radius 1 is 0.969 bits per heavy atom. The first kappa shape index (κ1) is 23.1. The maximum atomic E-state index is 12.8. The molecular formula is C24H29N3O5. The van der Waals surface area contributed by atoms with Crippen LogP contribution in [0.1, 0.15) is 39.2 Å². The highest BCUT2D eigenvalue weighted by Crippen LogP contribution is 2.22. The van der Waals surface area contributed by atoms with Crippen molar-refractivity contribution >= 4 is 29.5 Å². The highest BCUT2D eigenvalue weighted by Gasteiger charge is 2.35. The van der Waals surface area contributed by atoms with Crippen molar-refractivity contribution in [3.8, 4) is 0 Å². The topological polar surface area (TPSA) is 97.0 Å². The molecule has 3 rings (SSSR count). The van der Waals surface area contributed by atoms with Crippen molar-refractivity contribution in [2.75, 3.05) is 17.2 Å². The van der Waals surface area contributed by atoms with Crippen LogP contribution in [0, 0.1) is 0 Å². The zero-order valence-corrected chi connectivity index (χ0v) is 18.6. The fourth-order valence-electron chi connectivity index (χ4n) is 3.34. The van der Waals surface area contributed by atoms with Crippen LogP contribution in [0.5, 0.6) is 0 Å². The molecule has 1 atom stereocenters. The second kappa shape index (κ2) is 10.2. The quantitative estimate of drug-likeness (QED) is 0.699. The molecule has 2 aromatic rings. The van der Waals surface area contributed by atoms with Gasteiger partial charge in [0.2, 0.25) is 5.91 Å². The molecule has 8 nitrogen and oxygen atoms in total. The molecule has 1 saturated heterocycles. The van der Waals surface area contributed by atoms with Crippen molar-refractivity contribution in [3.05, 3.63) is 60.2 Å². The first-order valence-electron chi connectivity index (χ1n) is 10.6. The Balaban J connectivity index is 1.52. The number of rotatable bonds is 5. The van der Waals surface area contributed by atoms with Crippen LogP contribution >= 0.6 is 0 Å². The standard InChI is InChI=1S/C24H29N3O5/c1-24(2,3)32-22(29)26-19-13-11-18(12-14-19)25-21(28)20-10-7-15-27(20)23(30)31-16-17-8-5-4-6-9-17/h4-6,8-9,11-14,20H,7,10,15-16H2,1-3H3,(H,25,28)(H,26,29). The molecule has 0 spiro atoms. The smallest absolute Gasteiger partial charge is 0.412 e. The molecule has 1 aliphatic rings. The Hall–Kier alpha value is -3.55. The van der Waals surface area contributed by atoms with Gasteiger partial charge in [-0.15, -0.1) is 0 Å². The van der Waals surface area contributed by atoms with E-state index < -0.39 is 23.8 Å². The maximum Gasteiger partial charge on any atom is 0.412 e. The summed E-state index contributed by atoms with van der Waals surface area (Å²) in [5.41, 5.74) is 1.41. The van der Waals surface area contributed by atoms with Gasteiger partial charge in [0.25, 0.3) is 0 Å². The first-order valence-corrected chi connectivity index (χ1v) is 10.6. The minimum atomic E-state index is -0.590. The van der Waals surface area contributed by atoms with E-state index >= 15 is 0 Å². The number of hydrogen-bond donors (Lipinski definition) is 2. The molecule has 1 aliphatic heterocycles. The molecule has 1 unspecified atom stereocenters. The van der Waals surface area contributed by atoms with Gasteiger partial charge in [0.15, 0.2) is 0 Å². The summed E-state index contributed by atoms with van der Waals surface area (Å²) < 4.78 is 10.6. The van der Waals surface area contributed by atoms with Crippen LogP contribution in [0.15, 0.2) is 54.6 Å². The average molecular weight is 440 g/mol. The second-order valence-corrected chi connectivity index (χ2v) is 8.59. The number of amides is 3. The molecule has 2 aromatic carbocycles. The molecule has 2 N–H and O–H groups in total. The number of anilines is 2. The Morgan fingerprint density at radius 3 is 2.22 bits per heavy atom. The van der Waals surface area contributed by atoms with Crippen LogP contribution in [-0.2, 0) is 20.9 Å². The Morgan fingerprint density at radius 2 is 1.59 bits per heavy atom. The normalized spacial score (nSPS) is 15.7. The molecule has 0 aliphatic carbocycles. The van der Waals surface area contributed by atoms with Crippen molar-refractivity contribution in [1.29, 1.82) is 0 Å². The van der Waals surface area contributed by atoms with Crippen molar-refractivity contribution in [2.24, 2.45) is 0 Å². The average Bonchev–Trinajstić information content (AvgIpc) is 3.23. The van der Waals surface area contributed by atoms with E-state index in [1.54, 1.807) is 45.0 Å². The van der Waals surface area contributed by atoms with Crippen LogP contribution in [0.2, 0.25) is 0 Å². The van der Waals surface area contributed by atoms with Crippen LogP contribution in [0.25, 0.3) is 0 Å². The minimum absolute atomic E-state index is 0.163. The third-order valence-electron chi connectivity index (χ3n) is 4.79. The monoisotopic (exact) mass is 439 g/mol. The van der Waals surface area contributed by atoms with Crippen LogP contribution in [0.3, 0.4) is 0 Å². The first-order chi connectivity index (χ1) is 15.2. The molecule has 3 amide bonds. The number of ether oxygens (including phenoxy) is 2. The molecule has 0 bridgehead atoms. The summed E-state index contributed by atoms with van der Waals surface area (Å²) in [5.74, 6) is -0.271. The summed E-state index contributed by atoms with van der Waals surface area (Å²) >= 11 is 0. The summed E-state index contributed by atoms with van der Waals surface area (Å²) in [6.45, 7) is 6.00. The number of carbonyl (C=O) groups is 3. The van der Waals surface area contributed by atoms with Gasteiger partial charge < -0.3 is 14.8 Å². The molecule has 170 valence electrons. The van der Waals surface area contributed by atoms with Crippen molar-refractivity contribution in [3.63, 3.8) is 0 Å². The molecule has 0 saturated carbocycles. The molecule has 8 heteroatoms. The highest BCUT2D eigenvalue weighted by molar-refractivity contribution is 5.97. The van der Waals surface area contributed by atoms with Gasteiger partial charge in [0.1, 0.15) is 18.2 Å². The van der Waals surface area contributed by atoms with E-state index in [4.69, 9.17) is 9.47 Å². The highest BCUT2D eigenvalue weighted by atomic mass is 16.6. The molecular weight excluding hydrogens is 410 g/mol. The van der Waals surface area contributed by atoms with Gasteiger partial charge >= 0.3 is 12.2 Å². The predicted molar refractivity (Wildman–Crippen MR) is 121 cm³/mol. The third-order valence-corrected chi connectivity index (χ3v) is 4.79. The number of nitrogens with zero attached hydrogens (tertiary/aromatic N) is 1. The van der Waals surface area contributed by atoms with Gasteiger partial charge in [0, 0.05) is 17.9 Å². The molecule has 0 aromatic heterocycles. The molecule has 32 heavy (non-hydrogen) atoms. The van der Waals surface area contributed by atoms with E-state index in [1.807, 2.05) is 30.3 Å². The van der Waals surface area contributed by atoms with Crippen molar-refractivity contribution < 1.29 is 23.9 Å². The van der Waals surface area contributed by atoms with Crippen LogP contribution < -0.4 is 10.6 Å². The molecule has 1 heterocycles. The van der Waals surface area contributed by atoms with E-state index in [0.717, 1.165) is 12.0 Å². The second-order valence-electron chi connectivity index (χ2n) is 8.59. The summed E-state index contributed by atoms with van der Waals surface area (Å²) in [4.78, 5) is 38.6. The van der Waals surface area contributed by atoms with Crippen LogP contribution in [0.4, 0.5) is 21.0 Å². The van der Waals surface area contributed by atoms with Crippen LogP contribution in [-0.4, -0.2) is 41.2 Å². The van der Waals surface area contributed by atoms with Gasteiger partial charge in [-0.3, -0.25) is 15.0 Å². The lowest BCUT2D eigenvalue weighted by Gasteiger charge is -2.23. The van der Waals surface area contributed by atoms with E-state index in [0.29, 0.717) is 24.3 Å². The lowest BCUT2D eigenvalue weighted by molar-refractivity contribution is -0.120. The summed E-state index contributed by atoms with van der Waals surface area (Å²) in [5, 5.41) is 5.47. The number of carbonyl (C=O) groups excluding carboxylic acids is 3. The van der Waals surface area contributed by atoms with Crippen molar-refractivity contribution in [1.82, 2.24) is 4.90 Å². The van der Waals surface area contributed by atoms with Gasteiger partial charge in [0.05, 0.1) is 0 Å². The molecule has 1 fully saturated rings. The maximum absolute atomic E-state index is 12.8. The Labute approximate surface area is 187 Å². The number of likely N-dealkylation sites (tertiary alicyclic amines) is 1. The fraction of sp³-hybridized carbons (Fsp3) is 0.375. The lowest BCUT2D eigenvalue weighted by Crippen LogP contribution is -2.43. The molecule has 0 radical (unpaired) electrons. The van der Waals surface area contributed by atoms with E-state index in [9.17, 15) is 14.4 Å². The predicted octanol–water partition coefficient (Wildman–Crippen LogP) is 4.77. The zero-order chi connectivity index (χ0) is 23.1. The van der Waals surface area contributed by atoms with E-state index in [-0.39, 0.29) is 12.5 Å². The van der Waals surface area contributed by atoms with Crippen molar-refractivity contribution in [2.45, 2.75) is 51.9 Å². The number of benzene rings is 2. The number of nitrogens with one attached hydrogen (secondary N) is 2. The van der Waals surface area contributed by atoms with E-state index in [1.165, 1.54) is 4.90 Å². The van der Waals surface area contributed by atoms with Gasteiger partial charge in [-0.1, -0.05) is 30.3 Å². The SMILES string of the molecule is CC(C)(C)OC(=O)Nc1ccc(NC(=O)C2CCCN2C(=O)OCc2ccccc2)cc1. The number of hydrogen-bond acceptors (Lipinski definition) is 5. The van der Waals surface area contributed by atoms with Gasteiger partial charge in [-0.2, -0.15) is 0 Å². The minimum Gasteiger partial charge on any atom is -0.445 e. The summed E-state index contributed by atoms with van der Waals surface area (Å²) in [7, 11) is 0.